The van der Waals surface area contributed by atoms with Gasteiger partial charge in [-0.2, -0.15) is 0 Å². The molecular weight excluding hydrogens is 238 g/mol. The first-order valence-corrected chi connectivity index (χ1v) is 4.25. The molecule has 0 bridgehead atoms. The first-order chi connectivity index (χ1) is 6.16. The van der Waals surface area contributed by atoms with Crippen molar-refractivity contribution in [2.45, 2.75) is 0 Å². The van der Waals surface area contributed by atoms with E-state index in [0.29, 0.717) is 10.3 Å². The Kier molecular flexibility index (Phi) is 1.77. The Balaban J connectivity index is 2.67. The number of halogens is 1. The van der Waals surface area contributed by atoms with Crippen LogP contribution in [0, 0.1) is 10.1 Å². The highest BCUT2D eigenvalue weighted by Gasteiger charge is 2.07. The lowest BCUT2D eigenvalue weighted by molar-refractivity contribution is -0.384. The van der Waals surface area contributed by atoms with E-state index in [2.05, 4.69) is 20.9 Å². The van der Waals surface area contributed by atoms with Crippen molar-refractivity contribution < 1.29 is 4.92 Å². The van der Waals surface area contributed by atoms with Crippen molar-refractivity contribution >= 4 is 27.3 Å². The summed E-state index contributed by atoms with van der Waals surface area (Å²) in [5.74, 6) is 0. The van der Waals surface area contributed by atoms with Crippen molar-refractivity contribution in [1.29, 1.82) is 0 Å². The van der Waals surface area contributed by atoms with Crippen molar-refractivity contribution in [2.24, 2.45) is 0 Å². The highest BCUT2D eigenvalue weighted by atomic mass is 79.9. The van der Waals surface area contributed by atoms with Crippen LogP contribution in [0.4, 0.5) is 5.69 Å². The normalized spacial score (nSPS) is 10.5. The summed E-state index contributed by atoms with van der Waals surface area (Å²) in [7, 11) is 0. The minimum absolute atomic E-state index is 0.0469. The smallest absolute Gasteiger partial charge is 0.274 e. The van der Waals surface area contributed by atoms with E-state index in [4.69, 9.17) is 0 Å². The van der Waals surface area contributed by atoms with Crippen LogP contribution in [0.1, 0.15) is 0 Å². The Hall–Kier alpha value is -1.43. The van der Waals surface area contributed by atoms with Crippen LogP contribution in [0.3, 0.4) is 0 Å². The van der Waals surface area contributed by atoms with Gasteiger partial charge >= 0.3 is 0 Å². The van der Waals surface area contributed by atoms with Crippen molar-refractivity contribution in [1.82, 2.24) is 9.38 Å². The van der Waals surface area contributed by atoms with Crippen molar-refractivity contribution in [3.8, 4) is 0 Å². The molecule has 66 valence electrons. The summed E-state index contributed by atoms with van der Waals surface area (Å²) in [4.78, 5) is 14.0. The summed E-state index contributed by atoms with van der Waals surface area (Å²) >= 11 is 3.18. The first kappa shape index (κ1) is 8.18. The third-order valence-corrected chi connectivity index (χ3v) is 2.01. The molecule has 0 aliphatic heterocycles. The second kappa shape index (κ2) is 2.81. The number of rotatable bonds is 1. The van der Waals surface area contributed by atoms with Gasteiger partial charge in [0, 0.05) is 18.5 Å². The van der Waals surface area contributed by atoms with Crippen LogP contribution >= 0.6 is 15.9 Å². The lowest BCUT2D eigenvalue weighted by Gasteiger charge is -1.91. The van der Waals surface area contributed by atoms with E-state index in [1.54, 1.807) is 16.8 Å². The van der Waals surface area contributed by atoms with Gasteiger partial charge in [0.15, 0.2) is 0 Å². The Bertz CT molecular complexity index is 480. The number of nitrogens with zero attached hydrogens (tertiary/aromatic N) is 3. The topological polar surface area (TPSA) is 60.4 Å². The number of nitro groups is 1. The van der Waals surface area contributed by atoms with Gasteiger partial charge in [-0.1, -0.05) is 0 Å². The maximum absolute atomic E-state index is 10.4. The lowest BCUT2D eigenvalue weighted by atomic mass is 10.4. The van der Waals surface area contributed by atoms with E-state index in [1.165, 1.54) is 12.1 Å². The molecule has 0 saturated carbocycles. The lowest BCUT2D eigenvalue weighted by Crippen LogP contribution is -1.89. The zero-order valence-corrected chi connectivity index (χ0v) is 7.93. The molecule has 0 atom stereocenters. The van der Waals surface area contributed by atoms with E-state index >= 15 is 0 Å². The SMILES string of the molecule is O=[N+]([O-])c1ccn2cc(Br)nc2c1. The largest absolute Gasteiger partial charge is 0.305 e. The standard InChI is InChI=1S/C7H4BrN3O2/c8-6-4-10-2-1-5(11(12)13)3-7(10)9-6/h1-4H. The predicted molar refractivity (Wildman–Crippen MR) is 49.5 cm³/mol. The zero-order valence-electron chi connectivity index (χ0n) is 6.35. The first-order valence-electron chi connectivity index (χ1n) is 3.45. The van der Waals surface area contributed by atoms with Crippen molar-refractivity contribution in [3.05, 3.63) is 39.2 Å². The maximum atomic E-state index is 10.4. The van der Waals surface area contributed by atoms with Gasteiger partial charge in [0.05, 0.1) is 11.0 Å². The molecule has 2 aromatic heterocycles. The molecule has 5 nitrogen and oxygen atoms in total. The quantitative estimate of drug-likeness (QED) is 0.567. The monoisotopic (exact) mass is 241 g/mol. The van der Waals surface area contributed by atoms with Gasteiger partial charge in [-0.15, -0.1) is 0 Å². The fourth-order valence-corrected chi connectivity index (χ4v) is 1.46. The van der Waals surface area contributed by atoms with Crippen LogP contribution in [0.15, 0.2) is 29.1 Å². The Morgan fingerprint density at radius 1 is 1.62 bits per heavy atom. The van der Waals surface area contributed by atoms with Crippen LogP contribution in [-0.2, 0) is 0 Å². The molecule has 13 heavy (non-hydrogen) atoms. The molecule has 6 heteroatoms. The molecule has 2 aromatic rings. The number of imidazole rings is 1. The van der Waals surface area contributed by atoms with Gasteiger partial charge in [-0.05, 0) is 15.9 Å². The van der Waals surface area contributed by atoms with Crippen LogP contribution in [0.2, 0.25) is 0 Å². The van der Waals surface area contributed by atoms with Crippen LogP contribution in [0.25, 0.3) is 5.65 Å². The Labute approximate surface area is 81.3 Å². The average Bonchev–Trinajstić information content (AvgIpc) is 2.42. The van der Waals surface area contributed by atoms with Gasteiger partial charge in [0.1, 0.15) is 10.3 Å². The van der Waals surface area contributed by atoms with E-state index < -0.39 is 4.92 Å². The predicted octanol–water partition coefficient (Wildman–Crippen LogP) is 2.00. The molecule has 0 radical (unpaired) electrons. The number of pyridine rings is 1. The second-order valence-corrected chi connectivity index (χ2v) is 3.28. The molecule has 2 rings (SSSR count). The minimum atomic E-state index is -0.442. The summed E-state index contributed by atoms with van der Waals surface area (Å²) in [6, 6.07) is 2.85. The molecule has 0 spiro atoms. The second-order valence-electron chi connectivity index (χ2n) is 2.47. The molecule has 0 aliphatic rings. The average molecular weight is 242 g/mol. The van der Waals surface area contributed by atoms with Gasteiger partial charge in [0.25, 0.3) is 5.69 Å². The van der Waals surface area contributed by atoms with Gasteiger partial charge in [-0.25, -0.2) is 4.98 Å². The summed E-state index contributed by atoms with van der Waals surface area (Å²) in [5.41, 5.74) is 0.603. The Morgan fingerprint density at radius 3 is 3.08 bits per heavy atom. The van der Waals surface area contributed by atoms with Crippen molar-refractivity contribution in [2.75, 3.05) is 0 Å². The van der Waals surface area contributed by atoms with Crippen LogP contribution in [0.5, 0.6) is 0 Å². The summed E-state index contributed by atoms with van der Waals surface area (Å²) < 4.78 is 2.37. The number of fused-ring (bicyclic) bond motifs is 1. The van der Waals surface area contributed by atoms with E-state index in [0.717, 1.165) is 0 Å². The molecule has 0 fully saturated rings. The highest BCUT2D eigenvalue weighted by molar-refractivity contribution is 9.10. The van der Waals surface area contributed by atoms with E-state index in [9.17, 15) is 10.1 Å². The fraction of sp³-hybridized carbons (Fsp3) is 0. The molecule has 0 unspecified atom stereocenters. The third-order valence-electron chi connectivity index (χ3n) is 1.63. The van der Waals surface area contributed by atoms with Gasteiger partial charge in [-0.3, -0.25) is 10.1 Å². The molecular formula is C7H4BrN3O2. The van der Waals surface area contributed by atoms with E-state index in [-0.39, 0.29) is 5.69 Å². The number of aromatic nitrogens is 2. The molecule has 0 saturated heterocycles. The van der Waals surface area contributed by atoms with E-state index in [1.807, 2.05) is 0 Å². The summed E-state index contributed by atoms with van der Waals surface area (Å²) in [5, 5.41) is 10.4. The van der Waals surface area contributed by atoms with Gasteiger partial charge < -0.3 is 4.40 Å². The summed E-state index contributed by atoms with van der Waals surface area (Å²) in [6.07, 6.45) is 3.34. The zero-order chi connectivity index (χ0) is 9.42. The van der Waals surface area contributed by atoms with Gasteiger partial charge in [0.2, 0.25) is 0 Å². The van der Waals surface area contributed by atoms with Crippen molar-refractivity contribution in [3.63, 3.8) is 0 Å². The summed E-state index contributed by atoms with van der Waals surface area (Å²) in [6.45, 7) is 0. The minimum Gasteiger partial charge on any atom is -0.305 e. The molecule has 2 heterocycles. The Morgan fingerprint density at radius 2 is 2.38 bits per heavy atom. The highest BCUT2D eigenvalue weighted by Crippen LogP contribution is 2.16. The third kappa shape index (κ3) is 1.40. The molecule has 0 amide bonds. The number of hydrogen-bond acceptors (Lipinski definition) is 3. The molecule has 0 aromatic carbocycles. The van der Waals surface area contributed by atoms with Crippen LogP contribution < -0.4 is 0 Å². The maximum Gasteiger partial charge on any atom is 0.274 e. The fourth-order valence-electron chi connectivity index (χ4n) is 1.05. The molecule has 0 aliphatic carbocycles. The molecule has 0 N–H and O–H groups in total. The van der Waals surface area contributed by atoms with Crippen LogP contribution in [-0.4, -0.2) is 14.3 Å². The number of hydrogen-bond donors (Lipinski definition) is 0.